The molecule has 1 aromatic heterocycles. The second-order valence-corrected chi connectivity index (χ2v) is 5.88. The molecular formula is C17H22FN3. The van der Waals surface area contributed by atoms with Gasteiger partial charge < -0.3 is 5.32 Å². The van der Waals surface area contributed by atoms with Gasteiger partial charge in [-0.15, -0.1) is 0 Å². The Morgan fingerprint density at radius 2 is 2.14 bits per heavy atom. The van der Waals surface area contributed by atoms with E-state index in [4.69, 9.17) is 0 Å². The van der Waals surface area contributed by atoms with Gasteiger partial charge in [0, 0.05) is 37.0 Å². The van der Waals surface area contributed by atoms with Crippen molar-refractivity contribution in [1.29, 1.82) is 0 Å². The lowest BCUT2D eigenvalue weighted by molar-refractivity contribution is 0.628. The zero-order chi connectivity index (χ0) is 14.8. The fraction of sp³-hybridized carbons (Fsp3) is 0.471. The fourth-order valence-corrected chi connectivity index (χ4v) is 2.62. The molecule has 3 nitrogen and oxygen atoms in total. The zero-order valence-corrected chi connectivity index (χ0v) is 12.7. The van der Waals surface area contributed by atoms with E-state index in [-0.39, 0.29) is 5.82 Å². The first-order valence-electron chi connectivity index (χ1n) is 7.72. The van der Waals surface area contributed by atoms with Gasteiger partial charge in [-0.1, -0.05) is 19.4 Å². The highest BCUT2D eigenvalue weighted by molar-refractivity contribution is 5.66. The molecule has 1 saturated carbocycles. The van der Waals surface area contributed by atoms with Crippen LogP contribution in [-0.2, 0) is 20.0 Å². The molecule has 0 saturated heterocycles. The van der Waals surface area contributed by atoms with Crippen LogP contribution in [0.4, 0.5) is 4.39 Å². The average Bonchev–Trinajstić information content (AvgIpc) is 3.22. The average molecular weight is 287 g/mol. The fourth-order valence-electron chi connectivity index (χ4n) is 2.62. The highest BCUT2D eigenvalue weighted by atomic mass is 19.1. The van der Waals surface area contributed by atoms with Crippen molar-refractivity contribution < 1.29 is 4.39 Å². The highest BCUT2D eigenvalue weighted by Gasteiger charge is 2.20. The SMILES string of the molecule is CCCc1nn(C)cc1-c1cc(CNC2CC2)ccc1F. The maximum Gasteiger partial charge on any atom is 0.131 e. The molecule has 3 rings (SSSR count). The third-order valence-electron chi connectivity index (χ3n) is 3.89. The Hall–Kier alpha value is -1.68. The predicted molar refractivity (Wildman–Crippen MR) is 82.5 cm³/mol. The number of nitrogens with one attached hydrogen (secondary N) is 1. The minimum absolute atomic E-state index is 0.171. The molecule has 4 heteroatoms. The van der Waals surface area contributed by atoms with Gasteiger partial charge in [0.15, 0.2) is 0 Å². The van der Waals surface area contributed by atoms with Crippen LogP contribution in [0, 0.1) is 5.82 Å². The molecule has 1 aromatic carbocycles. The molecular weight excluding hydrogens is 265 g/mol. The second kappa shape index (κ2) is 5.98. The van der Waals surface area contributed by atoms with Gasteiger partial charge in [0.05, 0.1) is 5.69 Å². The zero-order valence-electron chi connectivity index (χ0n) is 12.7. The summed E-state index contributed by atoms with van der Waals surface area (Å²) in [4.78, 5) is 0. The monoisotopic (exact) mass is 287 g/mol. The van der Waals surface area contributed by atoms with Crippen LogP contribution in [0.5, 0.6) is 0 Å². The standard InChI is InChI=1S/C17H22FN3/c1-3-4-17-15(11-21(2)20-17)14-9-12(5-8-16(14)18)10-19-13-6-7-13/h5,8-9,11,13,19H,3-4,6-7,10H2,1-2H3. The summed E-state index contributed by atoms with van der Waals surface area (Å²) in [5, 5.41) is 7.94. The first kappa shape index (κ1) is 14.3. The molecule has 1 aliphatic rings. The quantitative estimate of drug-likeness (QED) is 0.882. The van der Waals surface area contributed by atoms with Gasteiger partial charge in [0.2, 0.25) is 0 Å². The van der Waals surface area contributed by atoms with E-state index in [1.807, 2.05) is 25.4 Å². The molecule has 0 unspecified atom stereocenters. The molecule has 1 heterocycles. The van der Waals surface area contributed by atoms with Crippen molar-refractivity contribution in [1.82, 2.24) is 15.1 Å². The van der Waals surface area contributed by atoms with Crippen LogP contribution in [0.1, 0.15) is 37.4 Å². The number of hydrogen-bond donors (Lipinski definition) is 1. The van der Waals surface area contributed by atoms with E-state index in [0.717, 1.165) is 36.2 Å². The number of nitrogens with zero attached hydrogens (tertiary/aromatic N) is 2. The lowest BCUT2D eigenvalue weighted by Crippen LogP contribution is -2.15. The molecule has 0 radical (unpaired) electrons. The highest BCUT2D eigenvalue weighted by Crippen LogP contribution is 2.28. The van der Waals surface area contributed by atoms with E-state index >= 15 is 0 Å². The largest absolute Gasteiger partial charge is 0.310 e. The van der Waals surface area contributed by atoms with E-state index in [1.165, 1.54) is 12.8 Å². The van der Waals surface area contributed by atoms with E-state index in [0.29, 0.717) is 11.6 Å². The Labute approximate surface area is 125 Å². The number of halogens is 1. The molecule has 1 aliphatic carbocycles. The van der Waals surface area contributed by atoms with E-state index < -0.39 is 0 Å². The van der Waals surface area contributed by atoms with E-state index in [9.17, 15) is 4.39 Å². The summed E-state index contributed by atoms with van der Waals surface area (Å²) in [7, 11) is 1.89. The van der Waals surface area contributed by atoms with Gasteiger partial charge in [0.1, 0.15) is 5.82 Å². The van der Waals surface area contributed by atoms with Gasteiger partial charge in [-0.25, -0.2) is 4.39 Å². The lowest BCUT2D eigenvalue weighted by atomic mass is 10.0. The summed E-state index contributed by atoms with van der Waals surface area (Å²) >= 11 is 0. The molecule has 112 valence electrons. The molecule has 0 atom stereocenters. The van der Waals surface area contributed by atoms with Crippen molar-refractivity contribution >= 4 is 0 Å². The molecule has 21 heavy (non-hydrogen) atoms. The molecule has 1 fully saturated rings. The summed E-state index contributed by atoms with van der Waals surface area (Å²) in [5.41, 5.74) is 3.70. The maximum absolute atomic E-state index is 14.2. The van der Waals surface area contributed by atoms with Crippen molar-refractivity contribution in [2.45, 2.75) is 45.2 Å². The number of aryl methyl sites for hydroxylation is 2. The predicted octanol–water partition coefficient (Wildman–Crippen LogP) is 3.43. The molecule has 2 aromatic rings. The molecule has 0 bridgehead atoms. The van der Waals surface area contributed by atoms with Gasteiger partial charge in [-0.3, -0.25) is 4.68 Å². The Bertz CT molecular complexity index is 629. The van der Waals surface area contributed by atoms with Crippen molar-refractivity contribution in [3.8, 4) is 11.1 Å². The maximum atomic E-state index is 14.2. The molecule has 1 N–H and O–H groups in total. The van der Waals surface area contributed by atoms with Gasteiger partial charge in [0.25, 0.3) is 0 Å². The van der Waals surface area contributed by atoms with Crippen LogP contribution in [0.25, 0.3) is 11.1 Å². The van der Waals surface area contributed by atoms with Crippen LogP contribution in [-0.4, -0.2) is 15.8 Å². The summed E-state index contributed by atoms with van der Waals surface area (Å²) < 4.78 is 16.0. The van der Waals surface area contributed by atoms with Crippen LogP contribution in [0.2, 0.25) is 0 Å². The minimum atomic E-state index is -0.171. The van der Waals surface area contributed by atoms with Gasteiger partial charge >= 0.3 is 0 Å². The van der Waals surface area contributed by atoms with Crippen LogP contribution < -0.4 is 5.32 Å². The summed E-state index contributed by atoms with van der Waals surface area (Å²) in [6.45, 7) is 2.92. The third kappa shape index (κ3) is 3.32. The molecule has 0 spiro atoms. The number of hydrogen-bond acceptors (Lipinski definition) is 2. The summed E-state index contributed by atoms with van der Waals surface area (Å²) in [6, 6.07) is 6.06. The van der Waals surface area contributed by atoms with Crippen LogP contribution in [0.15, 0.2) is 24.4 Å². The number of rotatable bonds is 6. The molecule has 0 amide bonds. The minimum Gasteiger partial charge on any atom is -0.310 e. The number of aromatic nitrogens is 2. The lowest BCUT2D eigenvalue weighted by Gasteiger charge is -2.08. The first-order chi connectivity index (χ1) is 10.2. The normalized spacial score (nSPS) is 14.6. The number of benzene rings is 1. The van der Waals surface area contributed by atoms with Gasteiger partial charge in [-0.2, -0.15) is 5.10 Å². The Morgan fingerprint density at radius 3 is 2.86 bits per heavy atom. The van der Waals surface area contributed by atoms with Crippen molar-refractivity contribution in [2.75, 3.05) is 0 Å². The Balaban J connectivity index is 1.90. The van der Waals surface area contributed by atoms with E-state index in [1.54, 1.807) is 10.7 Å². The van der Waals surface area contributed by atoms with E-state index in [2.05, 4.69) is 17.3 Å². The van der Waals surface area contributed by atoms with Crippen molar-refractivity contribution in [3.05, 3.63) is 41.5 Å². The van der Waals surface area contributed by atoms with Crippen molar-refractivity contribution in [3.63, 3.8) is 0 Å². The molecule has 0 aliphatic heterocycles. The first-order valence-corrected chi connectivity index (χ1v) is 7.72. The van der Waals surface area contributed by atoms with Crippen LogP contribution >= 0.6 is 0 Å². The third-order valence-corrected chi connectivity index (χ3v) is 3.89. The van der Waals surface area contributed by atoms with Crippen LogP contribution in [0.3, 0.4) is 0 Å². The second-order valence-electron chi connectivity index (χ2n) is 5.88. The van der Waals surface area contributed by atoms with Gasteiger partial charge in [-0.05, 0) is 37.0 Å². The summed E-state index contributed by atoms with van der Waals surface area (Å²) in [6.07, 6.45) is 6.32. The Kier molecular flexibility index (Phi) is 4.06. The Morgan fingerprint density at radius 1 is 1.33 bits per heavy atom. The smallest absolute Gasteiger partial charge is 0.131 e. The topological polar surface area (TPSA) is 29.9 Å². The van der Waals surface area contributed by atoms with Crippen molar-refractivity contribution in [2.24, 2.45) is 7.05 Å². The summed E-state index contributed by atoms with van der Waals surface area (Å²) in [5.74, 6) is -0.171.